The molecule has 8 heteroatoms. The van der Waals surface area contributed by atoms with E-state index in [0.717, 1.165) is 18.4 Å². The summed E-state index contributed by atoms with van der Waals surface area (Å²) in [6.45, 7) is 0.509. The van der Waals surface area contributed by atoms with Gasteiger partial charge in [0.25, 0.3) is 5.91 Å². The SMILES string of the molecule is N#Cc1c(NCc2cn[nH]c2)sc(C(=O)NC2CC2)c1N. The number of nitrogen functional groups attached to an aromatic ring is 1. The number of anilines is 2. The number of aromatic amines is 1. The van der Waals surface area contributed by atoms with Crippen molar-refractivity contribution in [2.24, 2.45) is 0 Å². The number of nitrogens with zero attached hydrogens (tertiary/aromatic N) is 2. The van der Waals surface area contributed by atoms with Crippen LogP contribution < -0.4 is 16.4 Å². The summed E-state index contributed by atoms with van der Waals surface area (Å²) in [5.41, 5.74) is 7.45. The number of nitrogens with two attached hydrogens (primary N) is 1. The number of rotatable bonds is 5. The zero-order valence-corrected chi connectivity index (χ0v) is 12.0. The highest BCUT2D eigenvalue weighted by Gasteiger charge is 2.27. The first-order valence-electron chi connectivity index (χ1n) is 6.53. The van der Waals surface area contributed by atoms with E-state index < -0.39 is 0 Å². The van der Waals surface area contributed by atoms with Gasteiger partial charge < -0.3 is 16.4 Å². The van der Waals surface area contributed by atoms with E-state index in [4.69, 9.17) is 5.73 Å². The molecule has 108 valence electrons. The predicted molar refractivity (Wildman–Crippen MR) is 79.8 cm³/mol. The quantitative estimate of drug-likeness (QED) is 0.666. The smallest absolute Gasteiger partial charge is 0.263 e. The number of nitrogens with one attached hydrogen (secondary N) is 3. The molecule has 2 aromatic rings. The Kier molecular flexibility index (Phi) is 3.50. The fraction of sp³-hybridized carbons (Fsp3) is 0.308. The molecule has 21 heavy (non-hydrogen) atoms. The third-order valence-electron chi connectivity index (χ3n) is 3.18. The van der Waals surface area contributed by atoms with Crippen LogP contribution in [-0.4, -0.2) is 22.1 Å². The lowest BCUT2D eigenvalue weighted by atomic mass is 10.2. The fourth-order valence-corrected chi connectivity index (χ4v) is 2.85. The van der Waals surface area contributed by atoms with Gasteiger partial charge in [-0.05, 0) is 12.8 Å². The van der Waals surface area contributed by atoms with Gasteiger partial charge >= 0.3 is 0 Å². The molecule has 1 fully saturated rings. The third kappa shape index (κ3) is 2.83. The summed E-state index contributed by atoms with van der Waals surface area (Å²) in [5, 5.41) is 22.4. The summed E-state index contributed by atoms with van der Waals surface area (Å²) >= 11 is 1.21. The molecule has 0 spiro atoms. The van der Waals surface area contributed by atoms with E-state index in [1.807, 2.05) is 0 Å². The maximum Gasteiger partial charge on any atom is 0.263 e. The summed E-state index contributed by atoms with van der Waals surface area (Å²) in [4.78, 5) is 12.5. The highest BCUT2D eigenvalue weighted by molar-refractivity contribution is 7.18. The zero-order valence-electron chi connectivity index (χ0n) is 11.1. The molecular weight excluding hydrogens is 288 g/mol. The van der Waals surface area contributed by atoms with Gasteiger partial charge in [-0.3, -0.25) is 9.89 Å². The Balaban J connectivity index is 1.79. The molecule has 0 radical (unpaired) electrons. The summed E-state index contributed by atoms with van der Waals surface area (Å²) in [6, 6.07) is 2.31. The van der Waals surface area contributed by atoms with Gasteiger partial charge in [-0.15, -0.1) is 11.3 Å². The lowest BCUT2D eigenvalue weighted by Crippen LogP contribution is -2.25. The zero-order chi connectivity index (χ0) is 14.8. The monoisotopic (exact) mass is 302 g/mol. The van der Waals surface area contributed by atoms with Crippen LogP contribution >= 0.6 is 11.3 Å². The molecule has 5 N–H and O–H groups in total. The number of carbonyl (C=O) groups is 1. The van der Waals surface area contributed by atoms with Crippen molar-refractivity contribution in [2.45, 2.75) is 25.4 Å². The molecular formula is C13H14N6OS. The summed E-state index contributed by atoms with van der Waals surface area (Å²) in [6.07, 6.45) is 5.47. The van der Waals surface area contributed by atoms with E-state index >= 15 is 0 Å². The molecule has 1 aliphatic carbocycles. The molecule has 0 aliphatic heterocycles. The van der Waals surface area contributed by atoms with Crippen LogP contribution in [0.2, 0.25) is 0 Å². The van der Waals surface area contributed by atoms with Gasteiger partial charge in [-0.1, -0.05) is 0 Å². The molecule has 2 aromatic heterocycles. The minimum Gasteiger partial charge on any atom is -0.396 e. The van der Waals surface area contributed by atoms with Gasteiger partial charge in [-0.2, -0.15) is 10.4 Å². The van der Waals surface area contributed by atoms with Crippen LogP contribution in [0.3, 0.4) is 0 Å². The second-order valence-corrected chi connectivity index (χ2v) is 5.89. The number of hydrogen-bond donors (Lipinski definition) is 4. The highest BCUT2D eigenvalue weighted by atomic mass is 32.1. The molecule has 3 rings (SSSR count). The minimum absolute atomic E-state index is 0.201. The summed E-state index contributed by atoms with van der Waals surface area (Å²) in [7, 11) is 0. The average Bonchev–Trinajstić information content (AvgIpc) is 3.02. The number of H-pyrrole nitrogens is 1. The molecule has 7 nitrogen and oxygen atoms in total. The van der Waals surface area contributed by atoms with Crippen molar-refractivity contribution >= 4 is 27.9 Å². The Morgan fingerprint density at radius 1 is 1.62 bits per heavy atom. The molecule has 1 aliphatic rings. The van der Waals surface area contributed by atoms with E-state index in [1.54, 1.807) is 12.4 Å². The van der Waals surface area contributed by atoms with Crippen LogP contribution in [0.4, 0.5) is 10.7 Å². The van der Waals surface area contributed by atoms with Gasteiger partial charge in [0, 0.05) is 24.3 Å². The third-order valence-corrected chi connectivity index (χ3v) is 4.35. The first kappa shape index (κ1) is 13.5. The predicted octanol–water partition coefficient (Wildman–Crippen LogP) is 1.43. The van der Waals surface area contributed by atoms with Crippen molar-refractivity contribution in [3.8, 4) is 6.07 Å². The molecule has 0 unspecified atom stereocenters. The van der Waals surface area contributed by atoms with E-state index in [2.05, 4.69) is 26.9 Å². The Labute approximate surface area is 125 Å². The molecule has 0 atom stereocenters. The number of amides is 1. The Morgan fingerprint density at radius 2 is 2.43 bits per heavy atom. The van der Waals surface area contributed by atoms with Crippen LogP contribution in [0.25, 0.3) is 0 Å². The van der Waals surface area contributed by atoms with E-state index in [0.29, 0.717) is 22.0 Å². The standard InChI is InChI=1S/C13H14N6OS/c14-3-9-10(15)11(12(20)19-8-1-2-8)21-13(9)16-4-7-5-17-18-6-7/h5-6,8,16H,1-2,4,15H2,(H,17,18)(H,19,20). The Hall–Kier alpha value is -2.53. The van der Waals surface area contributed by atoms with Crippen molar-refractivity contribution in [3.63, 3.8) is 0 Å². The van der Waals surface area contributed by atoms with Crippen molar-refractivity contribution in [2.75, 3.05) is 11.1 Å². The van der Waals surface area contributed by atoms with Crippen LogP contribution in [0.1, 0.15) is 33.6 Å². The molecule has 1 saturated carbocycles. The highest BCUT2D eigenvalue weighted by Crippen LogP contribution is 2.36. The minimum atomic E-state index is -0.201. The number of hydrogen-bond acceptors (Lipinski definition) is 6. The number of nitriles is 1. The number of thiophene rings is 1. The normalized spacial score (nSPS) is 13.7. The molecule has 0 aromatic carbocycles. The second kappa shape index (κ2) is 5.46. The van der Waals surface area contributed by atoms with Crippen molar-refractivity contribution in [1.82, 2.24) is 15.5 Å². The Morgan fingerprint density at radius 3 is 3.05 bits per heavy atom. The maximum absolute atomic E-state index is 12.1. The molecule has 1 amide bonds. The molecule has 0 bridgehead atoms. The van der Waals surface area contributed by atoms with Crippen molar-refractivity contribution < 1.29 is 4.79 Å². The van der Waals surface area contributed by atoms with E-state index in [1.165, 1.54) is 11.3 Å². The average molecular weight is 302 g/mol. The molecule has 2 heterocycles. The number of aromatic nitrogens is 2. The lowest BCUT2D eigenvalue weighted by Gasteiger charge is -2.01. The first-order chi connectivity index (χ1) is 10.2. The summed E-state index contributed by atoms with van der Waals surface area (Å²) in [5.74, 6) is -0.201. The van der Waals surface area contributed by atoms with Crippen LogP contribution in [0.5, 0.6) is 0 Å². The van der Waals surface area contributed by atoms with Gasteiger partial charge in [-0.25, -0.2) is 0 Å². The lowest BCUT2D eigenvalue weighted by molar-refractivity contribution is 0.0956. The van der Waals surface area contributed by atoms with E-state index in [9.17, 15) is 10.1 Å². The van der Waals surface area contributed by atoms with Gasteiger partial charge in [0.15, 0.2) is 0 Å². The van der Waals surface area contributed by atoms with E-state index in [-0.39, 0.29) is 17.6 Å². The second-order valence-electron chi connectivity index (χ2n) is 4.87. The van der Waals surface area contributed by atoms with Crippen LogP contribution in [0, 0.1) is 11.3 Å². The maximum atomic E-state index is 12.1. The van der Waals surface area contributed by atoms with Crippen LogP contribution in [-0.2, 0) is 6.54 Å². The first-order valence-corrected chi connectivity index (χ1v) is 7.35. The van der Waals surface area contributed by atoms with Crippen LogP contribution in [0.15, 0.2) is 12.4 Å². The van der Waals surface area contributed by atoms with Gasteiger partial charge in [0.05, 0.1) is 11.9 Å². The largest absolute Gasteiger partial charge is 0.396 e. The number of carbonyl (C=O) groups excluding carboxylic acids is 1. The van der Waals surface area contributed by atoms with Gasteiger partial charge in [0.2, 0.25) is 0 Å². The van der Waals surface area contributed by atoms with Crippen molar-refractivity contribution in [1.29, 1.82) is 5.26 Å². The van der Waals surface area contributed by atoms with Gasteiger partial charge in [0.1, 0.15) is 21.5 Å². The Bertz CT molecular complexity index is 695. The summed E-state index contributed by atoms with van der Waals surface area (Å²) < 4.78 is 0. The molecule has 0 saturated heterocycles. The topological polar surface area (TPSA) is 120 Å². The fourth-order valence-electron chi connectivity index (χ4n) is 1.88. The van der Waals surface area contributed by atoms with Crippen molar-refractivity contribution in [3.05, 3.63) is 28.4 Å².